The molecule has 0 unspecified atom stereocenters. The van der Waals surface area contributed by atoms with Crippen LogP contribution in [0.2, 0.25) is 5.02 Å². The topological polar surface area (TPSA) is 55.4 Å². The molecule has 0 aliphatic carbocycles. The summed E-state index contributed by atoms with van der Waals surface area (Å²) in [5, 5.41) is 3.24. The Hall–Kier alpha value is -2.33. The highest BCUT2D eigenvalue weighted by molar-refractivity contribution is 6.30. The number of nitrogens with one attached hydrogen (secondary N) is 1. The molecule has 0 atom stereocenters. The van der Waals surface area contributed by atoms with Gasteiger partial charge in [-0.3, -0.25) is 9.59 Å². The number of carbonyl (C=O) groups is 2. The summed E-state index contributed by atoms with van der Waals surface area (Å²) < 4.78 is 5.42. The van der Waals surface area contributed by atoms with Crippen molar-refractivity contribution in [1.29, 1.82) is 0 Å². The number of halogens is 1. The predicted molar refractivity (Wildman–Crippen MR) is 82.0 cm³/mol. The van der Waals surface area contributed by atoms with Gasteiger partial charge in [0.1, 0.15) is 5.75 Å². The molecule has 0 saturated heterocycles. The van der Waals surface area contributed by atoms with Crippen molar-refractivity contribution >= 4 is 29.0 Å². The number of hydrogen-bond acceptors (Lipinski definition) is 3. The van der Waals surface area contributed by atoms with E-state index in [1.54, 1.807) is 48.5 Å². The van der Waals surface area contributed by atoms with Crippen LogP contribution in [0, 0.1) is 0 Å². The Morgan fingerprint density at radius 1 is 1.05 bits per heavy atom. The molecule has 0 radical (unpaired) electrons. The summed E-state index contributed by atoms with van der Waals surface area (Å²) in [6, 6.07) is 13.5. The van der Waals surface area contributed by atoms with Crippen molar-refractivity contribution in [1.82, 2.24) is 0 Å². The summed E-state index contributed by atoms with van der Waals surface area (Å²) in [7, 11) is 0. The van der Waals surface area contributed by atoms with E-state index in [2.05, 4.69) is 5.32 Å². The van der Waals surface area contributed by atoms with E-state index in [0.29, 0.717) is 22.0 Å². The zero-order valence-electron chi connectivity index (χ0n) is 11.4. The van der Waals surface area contributed by atoms with E-state index in [0.717, 1.165) is 0 Å². The van der Waals surface area contributed by atoms with Crippen molar-refractivity contribution in [2.45, 2.75) is 6.92 Å². The zero-order valence-corrected chi connectivity index (χ0v) is 12.2. The lowest BCUT2D eigenvalue weighted by Gasteiger charge is -2.07. The minimum atomic E-state index is -0.137. The van der Waals surface area contributed by atoms with Crippen LogP contribution in [-0.4, -0.2) is 18.3 Å². The van der Waals surface area contributed by atoms with Gasteiger partial charge in [0.25, 0.3) is 0 Å². The van der Waals surface area contributed by atoms with Gasteiger partial charge in [-0.1, -0.05) is 11.6 Å². The van der Waals surface area contributed by atoms with Crippen molar-refractivity contribution in [2.75, 3.05) is 11.9 Å². The molecule has 4 nitrogen and oxygen atoms in total. The van der Waals surface area contributed by atoms with Crippen LogP contribution >= 0.6 is 11.6 Å². The van der Waals surface area contributed by atoms with E-state index in [9.17, 15) is 9.59 Å². The Morgan fingerprint density at radius 2 is 1.67 bits per heavy atom. The van der Waals surface area contributed by atoms with Gasteiger partial charge < -0.3 is 10.1 Å². The Morgan fingerprint density at radius 3 is 2.24 bits per heavy atom. The lowest BCUT2D eigenvalue weighted by Crippen LogP contribution is -2.11. The van der Waals surface area contributed by atoms with Crippen LogP contribution in [-0.2, 0) is 4.79 Å². The Bertz CT molecular complexity index is 636. The van der Waals surface area contributed by atoms with Crippen LogP contribution in [0.1, 0.15) is 17.3 Å². The maximum Gasteiger partial charge on any atom is 0.221 e. The quantitative estimate of drug-likeness (QED) is 0.859. The normalized spacial score (nSPS) is 10.0. The number of ether oxygens (including phenoxy) is 1. The highest BCUT2D eigenvalue weighted by atomic mass is 35.5. The highest BCUT2D eigenvalue weighted by Gasteiger charge is 2.06. The molecule has 0 saturated carbocycles. The van der Waals surface area contributed by atoms with E-state index in [1.165, 1.54) is 6.92 Å². The maximum atomic E-state index is 11.9. The SMILES string of the molecule is CC(=O)Nc1ccc(OCC(=O)c2ccc(Cl)cc2)cc1. The molecule has 1 amide bonds. The fraction of sp³-hybridized carbons (Fsp3) is 0.125. The van der Waals surface area contributed by atoms with Crippen LogP contribution in [0.3, 0.4) is 0 Å². The van der Waals surface area contributed by atoms with Crippen LogP contribution in [0.25, 0.3) is 0 Å². The van der Waals surface area contributed by atoms with Gasteiger partial charge in [0.15, 0.2) is 12.4 Å². The molecule has 2 rings (SSSR count). The van der Waals surface area contributed by atoms with E-state index in [-0.39, 0.29) is 18.3 Å². The number of carbonyl (C=O) groups excluding carboxylic acids is 2. The number of amides is 1. The first-order valence-electron chi connectivity index (χ1n) is 6.34. The number of rotatable bonds is 5. The lowest BCUT2D eigenvalue weighted by atomic mass is 10.1. The number of hydrogen-bond donors (Lipinski definition) is 1. The first kappa shape index (κ1) is 15.1. The van der Waals surface area contributed by atoms with Crippen LogP contribution in [0.5, 0.6) is 5.75 Å². The molecule has 1 N–H and O–H groups in total. The molecule has 0 aliphatic heterocycles. The molecule has 2 aromatic carbocycles. The first-order valence-corrected chi connectivity index (χ1v) is 6.71. The van der Waals surface area contributed by atoms with Crippen molar-refractivity contribution < 1.29 is 14.3 Å². The molecule has 0 heterocycles. The van der Waals surface area contributed by atoms with E-state index < -0.39 is 0 Å². The third kappa shape index (κ3) is 4.61. The maximum absolute atomic E-state index is 11.9. The van der Waals surface area contributed by atoms with Crippen LogP contribution in [0.15, 0.2) is 48.5 Å². The van der Waals surface area contributed by atoms with Crippen molar-refractivity contribution in [3.8, 4) is 5.75 Å². The molecule has 108 valence electrons. The Balaban J connectivity index is 1.92. The van der Waals surface area contributed by atoms with Gasteiger partial charge in [0.05, 0.1) is 0 Å². The molecule has 0 fully saturated rings. The zero-order chi connectivity index (χ0) is 15.2. The highest BCUT2D eigenvalue weighted by Crippen LogP contribution is 2.16. The van der Waals surface area contributed by atoms with Gasteiger partial charge in [-0.05, 0) is 48.5 Å². The predicted octanol–water partition coefficient (Wildman–Crippen LogP) is 3.56. The minimum absolute atomic E-state index is 0.0544. The Kier molecular flexibility index (Phi) is 4.95. The Labute approximate surface area is 127 Å². The summed E-state index contributed by atoms with van der Waals surface area (Å²) in [5.74, 6) is 0.297. The average Bonchev–Trinajstić information content (AvgIpc) is 2.46. The first-order chi connectivity index (χ1) is 10.0. The van der Waals surface area contributed by atoms with Gasteiger partial charge in [-0.15, -0.1) is 0 Å². The third-order valence-electron chi connectivity index (χ3n) is 2.71. The molecule has 5 heteroatoms. The molecular formula is C16H14ClNO3. The summed E-state index contributed by atoms with van der Waals surface area (Å²) in [6.07, 6.45) is 0. The second-order valence-corrected chi connectivity index (χ2v) is 4.86. The van der Waals surface area contributed by atoms with Gasteiger partial charge in [0, 0.05) is 23.2 Å². The summed E-state index contributed by atoms with van der Waals surface area (Å²) in [6.45, 7) is 1.39. The standard InChI is InChI=1S/C16H14ClNO3/c1-11(19)18-14-6-8-15(9-7-14)21-10-16(20)12-2-4-13(17)5-3-12/h2-9H,10H2,1H3,(H,18,19). The van der Waals surface area contributed by atoms with E-state index in [4.69, 9.17) is 16.3 Å². The largest absolute Gasteiger partial charge is 0.485 e. The third-order valence-corrected chi connectivity index (χ3v) is 2.96. The van der Waals surface area contributed by atoms with Crippen molar-refractivity contribution in [2.24, 2.45) is 0 Å². The monoisotopic (exact) mass is 303 g/mol. The molecule has 0 aromatic heterocycles. The molecular weight excluding hydrogens is 290 g/mol. The van der Waals surface area contributed by atoms with E-state index in [1.807, 2.05) is 0 Å². The molecule has 0 aliphatic rings. The van der Waals surface area contributed by atoms with Gasteiger partial charge in [-0.2, -0.15) is 0 Å². The van der Waals surface area contributed by atoms with Gasteiger partial charge in [0.2, 0.25) is 5.91 Å². The van der Waals surface area contributed by atoms with Crippen LogP contribution < -0.4 is 10.1 Å². The second-order valence-electron chi connectivity index (χ2n) is 4.42. The van der Waals surface area contributed by atoms with Crippen LogP contribution in [0.4, 0.5) is 5.69 Å². The average molecular weight is 304 g/mol. The lowest BCUT2D eigenvalue weighted by molar-refractivity contribution is -0.114. The fourth-order valence-electron chi connectivity index (χ4n) is 1.71. The number of benzene rings is 2. The number of ketones is 1. The van der Waals surface area contributed by atoms with Crippen molar-refractivity contribution in [3.05, 3.63) is 59.1 Å². The fourth-order valence-corrected chi connectivity index (χ4v) is 1.83. The molecule has 0 bridgehead atoms. The number of Topliss-reactive ketones (excluding diaryl/α,β-unsaturated/α-hetero) is 1. The molecule has 21 heavy (non-hydrogen) atoms. The molecule has 2 aromatic rings. The van der Waals surface area contributed by atoms with Crippen molar-refractivity contribution in [3.63, 3.8) is 0 Å². The smallest absolute Gasteiger partial charge is 0.221 e. The summed E-state index contributed by atoms with van der Waals surface area (Å²) in [5.41, 5.74) is 1.23. The molecule has 0 spiro atoms. The van der Waals surface area contributed by atoms with E-state index >= 15 is 0 Å². The minimum Gasteiger partial charge on any atom is -0.485 e. The van der Waals surface area contributed by atoms with Gasteiger partial charge >= 0.3 is 0 Å². The van der Waals surface area contributed by atoms with Gasteiger partial charge in [-0.25, -0.2) is 0 Å². The number of anilines is 1. The summed E-state index contributed by atoms with van der Waals surface area (Å²) in [4.78, 5) is 22.8. The second kappa shape index (κ2) is 6.90. The summed E-state index contributed by atoms with van der Waals surface area (Å²) >= 11 is 5.77.